The van der Waals surface area contributed by atoms with E-state index < -0.39 is 10.2 Å². The normalized spacial score (nSPS) is 29.2. The Hall–Kier alpha value is -0.660. The van der Waals surface area contributed by atoms with Gasteiger partial charge in [0.2, 0.25) is 0 Å². The van der Waals surface area contributed by atoms with E-state index in [0.717, 1.165) is 12.8 Å². The van der Waals surface area contributed by atoms with Crippen LogP contribution in [0.5, 0.6) is 0 Å². The Kier molecular flexibility index (Phi) is 5.62. The second-order valence-electron chi connectivity index (χ2n) is 6.28. The van der Waals surface area contributed by atoms with E-state index in [-0.39, 0.29) is 17.9 Å². The largest absolute Gasteiger partial charge is 0.469 e. The van der Waals surface area contributed by atoms with E-state index in [4.69, 9.17) is 4.74 Å². The van der Waals surface area contributed by atoms with Crippen LogP contribution >= 0.6 is 0 Å². The van der Waals surface area contributed by atoms with Gasteiger partial charge in [0.1, 0.15) is 0 Å². The number of methoxy groups -OCH3 is 1. The van der Waals surface area contributed by atoms with E-state index in [2.05, 4.69) is 11.6 Å². The van der Waals surface area contributed by atoms with Crippen molar-refractivity contribution >= 4 is 16.2 Å². The molecule has 1 saturated heterocycles. The number of hydrogen-bond donors (Lipinski definition) is 1. The zero-order valence-corrected chi connectivity index (χ0v) is 13.7. The highest BCUT2D eigenvalue weighted by Crippen LogP contribution is 2.26. The number of nitrogens with one attached hydrogen (secondary N) is 1. The van der Waals surface area contributed by atoms with Gasteiger partial charge in [0, 0.05) is 19.1 Å². The fourth-order valence-corrected chi connectivity index (χ4v) is 4.62. The first-order valence-corrected chi connectivity index (χ1v) is 9.21. The fourth-order valence-electron chi connectivity index (χ4n) is 3.12. The van der Waals surface area contributed by atoms with Crippen molar-refractivity contribution in [2.24, 2.45) is 11.8 Å². The van der Waals surface area contributed by atoms with Crippen LogP contribution in [-0.4, -0.2) is 44.9 Å². The Labute approximate surface area is 127 Å². The van der Waals surface area contributed by atoms with E-state index in [1.165, 1.54) is 7.11 Å². The van der Waals surface area contributed by atoms with E-state index in [1.54, 1.807) is 4.31 Å². The first-order chi connectivity index (χ1) is 9.92. The number of hydrogen-bond acceptors (Lipinski definition) is 4. The molecule has 0 aromatic heterocycles. The van der Waals surface area contributed by atoms with Crippen molar-refractivity contribution in [1.29, 1.82) is 0 Å². The lowest BCUT2D eigenvalue weighted by Gasteiger charge is -2.33. The number of ether oxygens (including phenoxy) is 1. The highest BCUT2D eigenvalue weighted by molar-refractivity contribution is 7.87. The Morgan fingerprint density at radius 3 is 2.19 bits per heavy atom. The first kappa shape index (κ1) is 16.7. The molecular formula is C14H26N2O4S. The molecule has 0 aromatic rings. The molecular weight excluding hydrogens is 292 g/mol. The van der Waals surface area contributed by atoms with Crippen LogP contribution in [0.4, 0.5) is 0 Å². The van der Waals surface area contributed by atoms with Gasteiger partial charge >= 0.3 is 5.97 Å². The third-order valence-electron chi connectivity index (χ3n) is 4.66. The van der Waals surface area contributed by atoms with Crippen LogP contribution in [0.1, 0.15) is 45.4 Å². The first-order valence-electron chi connectivity index (χ1n) is 7.77. The van der Waals surface area contributed by atoms with E-state index in [9.17, 15) is 13.2 Å². The van der Waals surface area contributed by atoms with Gasteiger partial charge < -0.3 is 4.74 Å². The topological polar surface area (TPSA) is 75.7 Å². The maximum atomic E-state index is 12.4. The third kappa shape index (κ3) is 4.40. The molecule has 1 aliphatic carbocycles. The lowest BCUT2D eigenvalue weighted by atomic mass is 9.86. The number of carbonyl (C=O) groups is 1. The molecule has 1 aliphatic heterocycles. The SMILES string of the molecule is COC(=O)C1CCC(NS(=O)(=O)N2CCC(C)CC2)CC1. The van der Waals surface area contributed by atoms with Crippen LogP contribution in [0.15, 0.2) is 0 Å². The van der Waals surface area contributed by atoms with Crippen molar-refractivity contribution in [3.63, 3.8) is 0 Å². The van der Waals surface area contributed by atoms with E-state index in [0.29, 0.717) is 44.7 Å². The van der Waals surface area contributed by atoms with Crippen molar-refractivity contribution in [2.75, 3.05) is 20.2 Å². The van der Waals surface area contributed by atoms with Crippen molar-refractivity contribution in [3.8, 4) is 0 Å². The van der Waals surface area contributed by atoms with Crippen molar-refractivity contribution in [3.05, 3.63) is 0 Å². The lowest BCUT2D eigenvalue weighted by molar-refractivity contribution is -0.146. The minimum atomic E-state index is -3.38. The predicted octanol–water partition coefficient (Wildman–Crippen LogP) is 1.28. The van der Waals surface area contributed by atoms with Gasteiger partial charge in [-0.1, -0.05) is 6.92 Å². The molecule has 21 heavy (non-hydrogen) atoms. The van der Waals surface area contributed by atoms with Crippen molar-refractivity contribution in [1.82, 2.24) is 9.03 Å². The smallest absolute Gasteiger partial charge is 0.308 e. The van der Waals surface area contributed by atoms with Crippen molar-refractivity contribution < 1.29 is 17.9 Å². The summed E-state index contributed by atoms with van der Waals surface area (Å²) in [6.07, 6.45) is 4.63. The van der Waals surface area contributed by atoms with Crippen LogP contribution in [-0.2, 0) is 19.7 Å². The number of carbonyl (C=O) groups excluding carboxylic acids is 1. The molecule has 122 valence electrons. The quantitative estimate of drug-likeness (QED) is 0.792. The summed E-state index contributed by atoms with van der Waals surface area (Å²) in [5.74, 6) is 0.347. The number of rotatable bonds is 4. The van der Waals surface area contributed by atoms with Gasteiger partial charge in [0.05, 0.1) is 13.0 Å². The molecule has 0 amide bonds. The molecule has 0 bridgehead atoms. The molecule has 0 radical (unpaired) electrons. The summed E-state index contributed by atoms with van der Waals surface area (Å²) >= 11 is 0. The van der Waals surface area contributed by atoms with Crippen LogP contribution in [0, 0.1) is 11.8 Å². The van der Waals surface area contributed by atoms with E-state index >= 15 is 0 Å². The molecule has 2 fully saturated rings. The molecule has 0 aromatic carbocycles. The summed E-state index contributed by atoms with van der Waals surface area (Å²) < 4.78 is 33.8. The number of piperidine rings is 1. The highest BCUT2D eigenvalue weighted by Gasteiger charge is 2.32. The molecule has 2 aliphatic rings. The number of esters is 1. The zero-order valence-electron chi connectivity index (χ0n) is 12.9. The van der Waals surface area contributed by atoms with Gasteiger partial charge in [-0.2, -0.15) is 17.4 Å². The molecule has 1 heterocycles. The monoisotopic (exact) mass is 318 g/mol. The van der Waals surface area contributed by atoms with Gasteiger partial charge in [-0.25, -0.2) is 0 Å². The fraction of sp³-hybridized carbons (Fsp3) is 0.929. The molecule has 7 heteroatoms. The lowest BCUT2D eigenvalue weighted by Crippen LogP contribution is -2.49. The molecule has 6 nitrogen and oxygen atoms in total. The second kappa shape index (κ2) is 7.07. The minimum Gasteiger partial charge on any atom is -0.469 e. The standard InChI is InChI=1S/C14H26N2O4S/c1-11-7-9-16(10-8-11)21(18,19)15-13-5-3-12(4-6-13)14(17)20-2/h11-13,15H,3-10H2,1-2H3. The molecule has 0 unspecified atom stereocenters. The van der Waals surface area contributed by atoms with E-state index in [1.807, 2.05) is 0 Å². The Morgan fingerprint density at radius 2 is 1.67 bits per heavy atom. The molecule has 0 spiro atoms. The van der Waals surface area contributed by atoms with Gasteiger partial charge in [0.25, 0.3) is 10.2 Å². The van der Waals surface area contributed by atoms with Crippen LogP contribution in [0.3, 0.4) is 0 Å². The maximum Gasteiger partial charge on any atom is 0.308 e. The van der Waals surface area contributed by atoms with Gasteiger partial charge in [-0.05, 0) is 44.4 Å². The van der Waals surface area contributed by atoms with Gasteiger partial charge in [0.15, 0.2) is 0 Å². The number of nitrogens with zero attached hydrogens (tertiary/aromatic N) is 1. The van der Waals surface area contributed by atoms with Crippen LogP contribution < -0.4 is 4.72 Å². The molecule has 1 N–H and O–H groups in total. The second-order valence-corrected chi connectivity index (χ2v) is 7.98. The highest BCUT2D eigenvalue weighted by atomic mass is 32.2. The molecule has 1 saturated carbocycles. The Bertz CT molecular complexity index is 450. The Balaban J connectivity index is 1.83. The summed E-state index contributed by atoms with van der Waals surface area (Å²) in [6.45, 7) is 3.37. The van der Waals surface area contributed by atoms with Crippen molar-refractivity contribution in [2.45, 2.75) is 51.5 Å². The zero-order chi connectivity index (χ0) is 15.5. The van der Waals surface area contributed by atoms with Gasteiger partial charge in [-0.3, -0.25) is 4.79 Å². The maximum absolute atomic E-state index is 12.4. The van der Waals surface area contributed by atoms with Gasteiger partial charge in [-0.15, -0.1) is 0 Å². The average Bonchev–Trinajstić information content (AvgIpc) is 2.47. The summed E-state index contributed by atoms with van der Waals surface area (Å²) in [6, 6.07) is -0.0599. The summed E-state index contributed by atoms with van der Waals surface area (Å²) in [5, 5.41) is 0. The summed E-state index contributed by atoms with van der Waals surface area (Å²) in [5.41, 5.74) is 0. The molecule has 2 rings (SSSR count). The summed E-state index contributed by atoms with van der Waals surface area (Å²) in [7, 11) is -1.99. The minimum absolute atomic E-state index is 0.0599. The predicted molar refractivity (Wildman–Crippen MR) is 79.8 cm³/mol. The average molecular weight is 318 g/mol. The van der Waals surface area contributed by atoms with Crippen LogP contribution in [0.25, 0.3) is 0 Å². The van der Waals surface area contributed by atoms with Crippen LogP contribution in [0.2, 0.25) is 0 Å². The Morgan fingerprint density at radius 1 is 1.10 bits per heavy atom. The molecule has 0 atom stereocenters. The third-order valence-corrected chi connectivity index (χ3v) is 6.34. The summed E-state index contributed by atoms with van der Waals surface area (Å²) in [4.78, 5) is 11.5.